The number of thiophene rings is 1. The van der Waals surface area contributed by atoms with Gasteiger partial charge < -0.3 is 19.5 Å². The normalized spacial score (nSPS) is 12.7. The third kappa shape index (κ3) is 4.31. The molecule has 0 fully saturated rings. The van der Waals surface area contributed by atoms with Gasteiger partial charge in [-0.1, -0.05) is 22.0 Å². The third-order valence-electron chi connectivity index (χ3n) is 5.90. The lowest BCUT2D eigenvalue weighted by Gasteiger charge is -2.32. The number of fused-ring (bicyclic) bond motifs is 3. The predicted octanol–water partition coefficient (Wildman–Crippen LogP) is 5.05. The number of imidazole rings is 1. The summed E-state index contributed by atoms with van der Waals surface area (Å²) in [6.07, 6.45) is 0.727. The summed E-state index contributed by atoms with van der Waals surface area (Å²) in [5.41, 5.74) is 3.96. The van der Waals surface area contributed by atoms with E-state index in [4.69, 9.17) is 9.72 Å². The van der Waals surface area contributed by atoms with Crippen LogP contribution in [0.2, 0.25) is 0 Å². The minimum Gasteiger partial charge on any atom is -0.495 e. The molecule has 0 radical (unpaired) electrons. The average Bonchev–Trinajstić information content (AvgIpc) is 3.44. The molecule has 1 N–H and O–H groups in total. The van der Waals surface area contributed by atoms with E-state index in [0.29, 0.717) is 23.8 Å². The lowest BCUT2D eigenvalue weighted by molar-refractivity contribution is -0.113. The fourth-order valence-electron chi connectivity index (χ4n) is 3.88. The maximum Gasteiger partial charge on any atom is 0.290 e. The quantitative estimate of drug-likeness (QED) is 0.468. The van der Waals surface area contributed by atoms with Gasteiger partial charge in [-0.3, -0.25) is 9.59 Å². The molecular weight excluding hydrogens is 504 g/mol. The van der Waals surface area contributed by atoms with Crippen LogP contribution < -0.4 is 10.1 Å². The first-order valence-electron chi connectivity index (χ1n) is 10.6. The average molecular weight is 531 g/mol. The van der Waals surface area contributed by atoms with Crippen molar-refractivity contribution in [2.45, 2.75) is 39.3 Å². The topological polar surface area (TPSA) is 76.5 Å². The molecule has 3 heterocycles. The molecule has 4 rings (SSSR count). The van der Waals surface area contributed by atoms with Crippen molar-refractivity contribution in [1.82, 2.24) is 14.5 Å². The molecule has 2 aromatic heterocycles. The molecule has 174 valence electrons. The van der Waals surface area contributed by atoms with E-state index < -0.39 is 0 Å². The Kier molecular flexibility index (Phi) is 6.37. The zero-order chi connectivity index (χ0) is 23.9. The molecule has 0 unspecified atom stereocenters. The Morgan fingerprint density at radius 1 is 1.33 bits per heavy atom. The summed E-state index contributed by atoms with van der Waals surface area (Å²) in [4.78, 5) is 33.2. The predicted molar refractivity (Wildman–Crippen MR) is 136 cm³/mol. The number of alkyl halides is 1. The van der Waals surface area contributed by atoms with E-state index in [1.54, 1.807) is 23.3 Å². The van der Waals surface area contributed by atoms with Crippen LogP contribution in [0.3, 0.4) is 0 Å². The summed E-state index contributed by atoms with van der Waals surface area (Å²) in [5, 5.41) is 5.09. The van der Waals surface area contributed by atoms with Crippen molar-refractivity contribution in [3.63, 3.8) is 0 Å². The van der Waals surface area contributed by atoms with Crippen molar-refractivity contribution < 1.29 is 14.3 Å². The smallest absolute Gasteiger partial charge is 0.290 e. The van der Waals surface area contributed by atoms with E-state index in [-0.39, 0.29) is 22.7 Å². The molecule has 0 saturated heterocycles. The minimum absolute atomic E-state index is 0.115. The lowest BCUT2D eigenvalue weighted by atomic mass is 9.95. The number of aromatic nitrogens is 2. The highest BCUT2D eigenvalue weighted by atomic mass is 79.9. The second-order valence-electron chi connectivity index (χ2n) is 8.94. The molecular formula is C24H27BrN4O3S. The minimum atomic E-state index is -0.334. The number of aryl methyl sites for hydroxylation is 1. The van der Waals surface area contributed by atoms with Gasteiger partial charge in [0.2, 0.25) is 5.91 Å². The van der Waals surface area contributed by atoms with Gasteiger partial charge in [0, 0.05) is 24.7 Å². The van der Waals surface area contributed by atoms with Gasteiger partial charge in [0.15, 0.2) is 5.82 Å². The van der Waals surface area contributed by atoms with E-state index in [1.165, 1.54) is 0 Å². The fraction of sp³-hybridized carbons (Fsp3) is 0.375. The van der Waals surface area contributed by atoms with Crippen molar-refractivity contribution in [1.29, 1.82) is 0 Å². The molecule has 3 aromatic rings. The highest BCUT2D eigenvalue weighted by Gasteiger charge is 2.33. The van der Waals surface area contributed by atoms with Gasteiger partial charge in [0.1, 0.15) is 11.4 Å². The van der Waals surface area contributed by atoms with Crippen LogP contribution in [0, 0.1) is 0 Å². The number of carbonyl (C=O) groups is 2. The number of hydrogen-bond donors (Lipinski definition) is 1. The summed E-state index contributed by atoms with van der Waals surface area (Å²) in [7, 11) is 3.40. The van der Waals surface area contributed by atoms with Gasteiger partial charge in [-0.2, -0.15) is 0 Å². The number of hydrogen-bond acceptors (Lipinski definition) is 5. The van der Waals surface area contributed by atoms with E-state index >= 15 is 0 Å². The van der Waals surface area contributed by atoms with Crippen LogP contribution in [0.1, 0.15) is 37.0 Å². The Morgan fingerprint density at radius 3 is 2.70 bits per heavy atom. The van der Waals surface area contributed by atoms with Gasteiger partial charge in [0.25, 0.3) is 5.91 Å². The second kappa shape index (κ2) is 8.95. The van der Waals surface area contributed by atoms with E-state index in [1.807, 2.05) is 62.0 Å². The first-order chi connectivity index (χ1) is 15.7. The first-order valence-corrected chi connectivity index (χ1v) is 12.7. The Hall–Kier alpha value is -2.65. The number of rotatable bonds is 5. The van der Waals surface area contributed by atoms with Crippen LogP contribution in [0.15, 0.2) is 29.6 Å². The van der Waals surface area contributed by atoms with Crippen LogP contribution in [0.4, 0.5) is 5.69 Å². The molecule has 9 heteroatoms. The van der Waals surface area contributed by atoms with E-state index in [9.17, 15) is 9.59 Å². The molecule has 1 aliphatic rings. The first kappa shape index (κ1) is 23.5. The van der Waals surface area contributed by atoms with Crippen LogP contribution in [-0.4, -0.2) is 51.3 Å². The summed E-state index contributed by atoms with van der Waals surface area (Å²) in [6.45, 7) is 6.65. The highest BCUT2D eigenvalue weighted by molar-refractivity contribution is 9.09. The van der Waals surface area contributed by atoms with Crippen molar-refractivity contribution in [3.8, 4) is 27.6 Å². The van der Waals surface area contributed by atoms with Crippen molar-refractivity contribution in [2.24, 2.45) is 0 Å². The highest BCUT2D eigenvalue weighted by Crippen LogP contribution is 2.43. The molecule has 0 spiro atoms. The summed E-state index contributed by atoms with van der Waals surface area (Å²) in [6, 6.07) is 7.89. The van der Waals surface area contributed by atoms with E-state index in [2.05, 4.69) is 21.2 Å². The number of benzene rings is 1. The van der Waals surface area contributed by atoms with Gasteiger partial charge >= 0.3 is 0 Å². The maximum absolute atomic E-state index is 13.5. The molecule has 1 aliphatic heterocycles. The summed E-state index contributed by atoms with van der Waals surface area (Å²) < 4.78 is 7.57. The van der Waals surface area contributed by atoms with E-state index in [0.717, 1.165) is 33.8 Å². The SMILES string of the molecule is COc1cc2c(cc1NC(=O)CBr)-c1c(-c3cccs3)nc(C(=O)N(C)C(C)(C)C)n1CC2. The molecule has 0 atom stereocenters. The Bertz CT molecular complexity index is 1210. The maximum atomic E-state index is 13.5. The number of methoxy groups -OCH3 is 1. The van der Waals surface area contributed by atoms with Gasteiger partial charge in [0.05, 0.1) is 28.7 Å². The number of ether oxygens (including phenoxy) is 1. The largest absolute Gasteiger partial charge is 0.495 e. The Labute approximate surface area is 205 Å². The number of halogens is 1. The van der Waals surface area contributed by atoms with Crippen molar-refractivity contribution in [3.05, 3.63) is 41.0 Å². The van der Waals surface area contributed by atoms with Crippen molar-refractivity contribution in [2.75, 3.05) is 24.8 Å². The van der Waals surface area contributed by atoms with Crippen LogP contribution >= 0.6 is 27.3 Å². The Balaban J connectivity index is 1.93. The molecule has 0 bridgehead atoms. The Morgan fingerprint density at radius 2 is 2.09 bits per heavy atom. The standard InChI is InChI=1S/C24H27BrN4O3S/c1-24(2,3)28(4)23(31)22-27-20(18-7-6-10-33-18)21-15-12-16(26-19(30)13-25)17(32-5)11-14(15)8-9-29(21)22/h6-7,10-12H,8-9,13H2,1-5H3,(H,26,30). The van der Waals surface area contributed by atoms with Gasteiger partial charge in [-0.05, 0) is 56.3 Å². The third-order valence-corrected chi connectivity index (χ3v) is 7.29. The lowest BCUT2D eigenvalue weighted by Crippen LogP contribution is -2.43. The number of amides is 2. The number of carbonyl (C=O) groups excluding carboxylic acids is 2. The molecule has 1 aromatic carbocycles. The number of anilines is 1. The monoisotopic (exact) mass is 530 g/mol. The molecule has 0 aliphatic carbocycles. The zero-order valence-electron chi connectivity index (χ0n) is 19.4. The summed E-state index contributed by atoms with van der Waals surface area (Å²) >= 11 is 4.79. The molecule has 33 heavy (non-hydrogen) atoms. The van der Waals surface area contributed by atoms with Crippen LogP contribution in [0.5, 0.6) is 5.75 Å². The molecule has 7 nitrogen and oxygen atoms in total. The van der Waals surface area contributed by atoms with Gasteiger partial charge in [-0.15, -0.1) is 11.3 Å². The van der Waals surface area contributed by atoms with Gasteiger partial charge in [-0.25, -0.2) is 4.98 Å². The van der Waals surface area contributed by atoms with Crippen LogP contribution in [-0.2, 0) is 17.8 Å². The molecule has 2 amide bonds. The van der Waals surface area contributed by atoms with Crippen LogP contribution in [0.25, 0.3) is 21.8 Å². The number of nitrogens with zero attached hydrogens (tertiary/aromatic N) is 3. The van der Waals surface area contributed by atoms with Crippen molar-refractivity contribution >= 4 is 44.8 Å². The fourth-order valence-corrected chi connectivity index (χ4v) is 4.73. The zero-order valence-corrected chi connectivity index (χ0v) is 21.8. The number of nitrogens with one attached hydrogen (secondary N) is 1. The summed E-state index contributed by atoms with van der Waals surface area (Å²) in [5.74, 6) is 0.755. The molecule has 0 saturated carbocycles. The second-order valence-corrected chi connectivity index (χ2v) is 10.4.